The van der Waals surface area contributed by atoms with Gasteiger partial charge in [0.15, 0.2) is 0 Å². The second-order valence-corrected chi connectivity index (χ2v) is 5.11. The van der Waals surface area contributed by atoms with Gasteiger partial charge in [-0.05, 0) is 50.5 Å². The summed E-state index contributed by atoms with van der Waals surface area (Å²) < 4.78 is 5.34. The van der Waals surface area contributed by atoms with Gasteiger partial charge in [-0.15, -0.1) is 0 Å². The highest BCUT2D eigenvalue weighted by atomic mass is 16.5. The van der Waals surface area contributed by atoms with Crippen LogP contribution in [-0.4, -0.2) is 5.97 Å². The van der Waals surface area contributed by atoms with Crippen molar-refractivity contribution < 1.29 is 9.53 Å². The lowest BCUT2D eigenvalue weighted by atomic mass is 9.97. The molecule has 0 saturated carbocycles. The first-order valence-corrected chi connectivity index (χ1v) is 5.48. The molecule has 0 saturated heterocycles. The molecule has 1 aromatic carbocycles. The van der Waals surface area contributed by atoms with Gasteiger partial charge in [0.2, 0.25) is 0 Å². The summed E-state index contributed by atoms with van der Waals surface area (Å²) in [6, 6.07) is 5.78. The Morgan fingerprint density at radius 2 is 2.06 bits per heavy atom. The average molecular weight is 216 g/mol. The molecule has 0 N–H and O–H groups in total. The third kappa shape index (κ3) is 2.16. The number of rotatable bonds is 1. The highest BCUT2D eigenvalue weighted by Crippen LogP contribution is 2.26. The Balaban J connectivity index is 2.15. The van der Waals surface area contributed by atoms with Gasteiger partial charge >= 0.3 is 5.97 Å². The fraction of sp³-hybridized carbons (Fsp3) is 0.357. The molecule has 0 amide bonds. The Morgan fingerprint density at radius 1 is 1.31 bits per heavy atom. The second-order valence-electron chi connectivity index (χ2n) is 5.11. The molecule has 0 bridgehead atoms. The number of carbonyl (C=O) groups excluding carboxylic acids is 1. The Hall–Kier alpha value is -1.57. The highest BCUT2D eigenvalue weighted by molar-refractivity contribution is 5.78. The Bertz CT molecular complexity index is 450. The Labute approximate surface area is 95.9 Å². The molecule has 1 aromatic rings. The fourth-order valence-corrected chi connectivity index (χ4v) is 1.56. The number of allylic oxidation sites excluding steroid dienone is 1. The summed E-state index contributed by atoms with van der Waals surface area (Å²) in [5, 5.41) is 0. The maximum atomic E-state index is 11.7. The van der Waals surface area contributed by atoms with E-state index < -0.39 is 5.41 Å². The fourth-order valence-electron chi connectivity index (χ4n) is 1.56. The lowest BCUT2D eigenvalue weighted by Gasteiger charge is -2.16. The SMILES string of the molecule is CC(C)(C)C(=O)Oc1ccc2c(c1)CC=C2. The molecule has 1 aliphatic carbocycles. The van der Waals surface area contributed by atoms with Crippen molar-refractivity contribution in [3.05, 3.63) is 35.4 Å². The van der Waals surface area contributed by atoms with Gasteiger partial charge in [0.05, 0.1) is 5.41 Å². The first kappa shape index (κ1) is 10.9. The van der Waals surface area contributed by atoms with Crippen molar-refractivity contribution in [3.8, 4) is 5.75 Å². The maximum absolute atomic E-state index is 11.7. The predicted octanol–water partition coefficient (Wildman–Crippen LogP) is 3.21. The van der Waals surface area contributed by atoms with E-state index in [0.29, 0.717) is 5.75 Å². The van der Waals surface area contributed by atoms with Crippen LogP contribution in [0.25, 0.3) is 6.08 Å². The van der Waals surface area contributed by atoms with Crippen LogP contribution in [0.2, 0.25) is 0 Å². The topological polar surface area (TPSA) is 26.3 Å². The molecule has 2 rings (SSSR count). The number of hydrogen-bond donors (Lipinski definition) is 0. The molecule has 0 aromatic heterocycles. The second kappa shape index (κ2) is 3.78. The molecule has 16 heavy (non-hydrogen) atoms. The zero-order valence-electron chi connectivity index (χ0n) is 9.91. The van der Waals surface area contributed by atoms with Crippen molar-refractivity contribution >= 4 is 12.0 Å². The molecule has 0 atom stereocenters. The van der Waals surface area contributed by atoms with Gasteiger partial charge < -0.3 is 4.74 Å². The van der Waals surface area contributed by atoms with Crippen molar-refractivity contribution in [1.82, 2.24) is 0 Å². The minimum Gasteiger partial charge on any atom is -0.426 e. The van der Waals surface area contributed by atoms with Crippen LogP contribution in [0.5, 0.6) is 5.75 Å². The van der Waals surface area contributed by atoms with E-state index in [0.717, 1.165) is 6.42 Å². The number of carbonyl (C=O) groups is 1. The van der Waals surface area contributed by atoms with E-state index in [4.69, 9.17) is 4.74 Å². The standard InChI is InChI=1S/C14H16O2/c1-14(2,3)13(15)16-12-8-7-10-5-4-6-11(10)9-12/h4-5,7-9H,6H2,1-3H3. The predicted molar refractivity (Wildman–Crippen MR) is 64.3 cm³/mol. The Morgan fingerprint density at radius 3 is 2.75 bits per heavy atom. The maximum Gasteiger partial charge on any atom is 0.316 e. The summed E-state index contributed by atoms with van der Waals surface area (Å²) in [4.78, 5) is 11.7. The molecule has 84 valence electrons. The molecule has 0 aliphatic heterocycles. The van der Waals surface area contributed by atoms with Crippen LogP contribution >= 0.6 is 0 Å². The van der Waals surface area contributed by atoms with Crippen LogP contribution in [0.15, 0.2) is 24.3 Å². The lowest BCUT2D eigenvalue weighted by molar-refractivity contribution is -0.142. The monoisotopic (exact) mass is 216 g/mol. The van der Waals surface area contributed by atoms with Gasteiger partial charge in [0, 0.05) is 0 Å². The van der Waals surface area contributed by atoms with Crippen LogP contribution in [0.3, 0.4) is 0 Å². The molecular formula is C14H16O2. The van der Waals surface area contributed by atoms with Crippen LogP contribution in [-0.2, 0) is 11.2 Å². The van der Waals surface area contributed by atoms with Crippen LogP contribution < -0.4 is 4.74 Å². The summed E-state index contributed by atoms with van der Waals surface area (Å²) in [6.45, 7) is 5.55. The number of esters is 1. The van der Waals surface area contributed by atoms with Gasteiger partial charge in [-0.2, -0.15) is 0 Å². The highest BCUT2D eigenvalue weighted by Gasteiger charge is 2.23. The van der Waals surface area contributed by atoms with Gasteiger partial charge in [0.1, 0.15) is 5.75 Å². The molecule has 2 nitrogen and oxygen atoms in total. The normalized spacial score (nSPS) is 13.7. The van der Waals surface area contributed by atoms with Crippen LogP contribution in [0, 0.1) is 5.41 Å². The minimum absolute atomic E-state index is 0.196. The van der Waals surface area contributed by atoms with E-state index in [9.17, 15) is 4.79 Å². The van der Waals surface area contributed by atoms with E-state index in [1.54, 1.807) is 0 Å². The molecule has 0 fully saturated rings. The first-order chi connectivity index (χ1) is 7.47. The summed E-state index contributed by atoms with van der Waals surface area (Å²) in [7, 11) is 0. The van der Waals surface area contributed by atoms with E-state index in [1.165, 1.54) is 11.1 Å². The smallest absolute Gasteiger partial charge is 0.316 e. The van der Waals surface area contributed by atoms with Crippen molar-refractivity contribution in [1.29, 1.82) is 0 Å². The molecule has 2 heteroatoms. The van der Waals surface area contributed by atoms with Crippen molar-refractivity contribution in [3.63, 3.8) is 0 Å². The molecule has 0 heterocycles. The van der Waals surface area contributed by atoms with Gasteiger partial charge in [-0.25, -0.2) is 0 Å². The molecule has 1 aliphatic rings. The van der Waals surface area contributed by atoms with Crippen molar-refractivity contribution in [2.24, 2.45) is 5.41 Å². The number of benzene rings is 1. The van der Waals surface area contributed by atoms with Crippen molar-refractivity contribution in [2.45, 2.75) is 27.2 Å². The summed E-state index contributed by atoms with van der Waals surface area (Å²) in [5.41, 5.74) is 1.98. The largest absolute Gasteiger partial charge is 0.426 e. The third-order valence-electron chi connectivity index (χ3n) is 2.57. The lowest BCUT2D eigenvalue weighted by Crippen LogP contribution is -2.25. The van der Waals surface area contributed by atoms with Gasteiger partial charge in [-0.3, -0.25) is 4.79 Å². The van der Waals surface area contributed by atoms with E-state index >= 15 is 0 Å². The van der Waals surface area contributed by atoms with E-state index in [-0.39, 0.29) is 5.97 Å². The van der Waals surface area contributed by atoms with Crippen molar-refractivity contribution in [2.75, 3.05) is 0 Å². The summed E-state index contributed by atoms with van der Waals surface area (Å²) in [5.74, 6) is 0.445. The molecule has 0 unspecified atom stereocenters. The number of ether oxygens (including phenoxy) is 1. The van der Waals surface area contributed by atoms with Gasteiger partial charge in [0.25, 0.3) is 0 Å². The number of hydrogen-bond acceptors (Lipinski definition) is 2. The van der Waals surface area contributed by atoms with Crippen LogP contribution in [0.4, 0.5) is 0 Å². The van der Waals surface area contributed by atoms with E-state index in [2.05, 4.69) is 12.2 Å². The molecule has 0 radical (unpaired) electrons. The molecular weight excluding hydrogens is 200 g/mol. The minimum atomic E-state index is -0.461. The number of fused-ring (bicyclic) bond motifs is 1. The first-order valence-electron chi connectivity index (χ1n) is 5.48. The van der Waals surface area contributed by atoms with Gasteiger partial charge in [-0.1, -0.05) is 18.2 Å². The summed E-state index contributed by atoms with van der Waals surface area (Å²) in [6.07, 6.45) is 5.13. The summed E-state index contributed by atoms with van der Waals surface area (Å²) >= 11 is 0. The average Bonchev–Trinajstić information content (AvgIpc) is 2.63. The van der Waals surface area contributed by atoms with Crippen LogP contribution in [0.1, 0.15) is 31.9 Å². The Kier molecular flexibility index (Phi) is 2.58. The third-order valence-corrected chi connectivity index (χ3v) is 2.57. The molecule has 0 spiro atoms. The zero-order chi connectivity index (χ0) is 11.8. The zero-order valence-corrected chi connectivity index (χ0v) is 9.91. The quantitative estimate of drug-likeness (QED) is 0.532. The van der Waals surface area contributed by atoms with E-state index in [1.807, 2.05) is 39.0 Å².